The van der Waals surface area contributed by atoms with Gasteiger partial charge in [-0.05, 0) is 17.7 Å². The minimum Gasteiger partial charge on any atom is -0.507 e. The smallest absolute Gasteiger partial charge is 0.251 e. The van der Waals surface area contributed by atoms with Crippen LogP contribution in [0.3, 0.4) is 0 Å². The van der Waals surface area contributed by atoms with E-state index in [4.69, 9.17) is 4.74 Å². The van der Waals surface area contributed by atoms with E-state index in [2.05, 4.69) is 0 Å². The van der Waals surface area contributed by atoms with E-state index in [1.165, 1.54) is 19.3 Å². The number of nitro groups is 1. The molecule has 0 saturated carbocycles. The first kappa shape index (κ1) is 14.6. The fraction of sp³-hybridized carbons (Fsp3) is 0.125. The number of ether oxygens (including phenoxy) is 1. The lowest BCUT2D eigenvalue weighted by Gasteiger charge is -2.04. The first-order chi connectivity index (χ1) is 10.1. The van der Waals surface area contributed by atoms with Crippen molar-refractivity contribution in [1.29, 1.82) is 0 Å². The first-order valence-electron chi connectivity index (χ1n) is 6.36. The third-order valence-corrected chi connectivity index (χ3v) is 3.02. The second-order valence-electron chi connectivity index (χ2n) is 4.48. The molecule has 2 rings (SSSR count). The highest BCUT2D eigenvalue weighted by Gasteiger charge is 2.13. The highest BCUT2D eigenvalue weighted by Crippen LogP contribution is 2.26. The number of aromatic hydroxyl groups is 1. The van der Waals surface area contributed by atoms with E-state index in [0.717, 1.165) is 5.56 Å². The summed E-state index contributed by atoms with van der Waals surface area (Å²) in [7, 11) is 1.49. The van der Waals surface area contributed by atoms with Crippen molar-refractivity contribution in [3.8, 4) is 11.5 Å². The number of phenols is 1. The van der Waals surface area contributed by atoms with Crippen molar-refractivity contribution >= 4 is 6.08 Å². The van der Waals surface area contributed by atoms with Crippen molar-refractivity contribution in [1.82, 2.24) is 0 Å². The molecule has 0 spiro atoms. The molecule has 0 radical (unpaired) electrons. The van der Waals surface area contributed by atoms with Gasteiger partial charge in [-0.25, -0.2) is 0 Å². The summed E-state index contributed by atoms with van der Waals surface area (Å²) >= 11 is 0. The molecule has 5 nitrogen and oxygen atoms in total. The van der Waals surface area contributed by atoms with Crippen molar-refractivity contribution in [2.45, 2.75) is 6.42 Å². The number of nitrogens with zero attached hydrogens (tertiary/aromatic N) is 1. The minimum absolute atomic E-state index is 0.0154. The number of hydrogen-bond donors (Lipinski definition) is 1. The van der Waals surface area contributed by atoms with E-state index in [0.29, 0.717) is 11.3 Å². The summed E-state index contributed by atoms with van der Waals surface area (Å²) < 4.78 is 4.98. The van der Waals surface area contributed by atoms with Gasteiger partial charge in [0.1, 0.15) is 11.5 Å². The molecule has 0 aliphatic heterocycles. The topological polar surface area (TPSA) is 72.6 Å². The molecular formula is C16H15NO4. The van der Waals surface area contributed by atoms with Gasteiger partial charge < -0.3 is 9.84 Å². The minimum atomic E-state index is -0.434. The van der Waals surface area contributed by atoms with Gasteiger partial charge in [0, 0.05) is 17.7 Å². The van der Waals surface area contributed by atoms with Gasteiger partial charge in [-0.3, -0.25) is 10.1 Å². The summed E-state index contributed by atoms with van der Waals surface area (Å²) in [5.74, 6) is 0.442. The van der Waals surface area contributed by atoms with Gasteiger partial charge >= 0.3 is 0 Å². The fourth-order valence-electron chi connectivity index (χ4n) is 1.93. The van der Waals surface area contributed by atoms with Crippen molar-refractivity contribution in [3.63, 3.8) is 0 Å². The first-order valence-corrected chi connectivity index (χ1v) is 6.36. The lowest BCUT2D eigenvalue weighted by Crippen LogP contribution is -2.02. The summed E-state index contributed by atoms with van der Waals surface area (Å²) in [5, 5.41) is 21.0. The van der Waals surface area contributed by atoms with Crippen molar-refractivity contribution in [2.24, 2.45) is 0 Å². The molecule has 0 aliphatic carbocycles. The van der Waals surface area contributed by atoms with Crippen LogP contribution in [0.25, 0.3) is 6.08 Å². The van der Waals surface area contributed by atoms with Gasteiger partial charge in [0.15, 0.2) is 0 Å². The van der Waals surface area contributed by atoms with Crippen LogP contribution in [0.1, 0.15) is 11.1 Å². The molecule has 21 heavy (non-hydrogen) atoms. The lowest BCUT2D eigenvalue weighted by molar-refractivity contribution is -0.425. The molecule has 0 saturated heterocycles. The second kappa shape index (κ2) is 6.56. The van der Waals surface area contributed by atoms with Crippen LogP contribution in [0.5, 0.6) is 11.5 Å². The molecule has 0 fully saturated rings. The Labute approximate surface area is 122 Å². The maximum atomic E-state index is 11.2. The predicted molar refractivity (Wildman–Crippen MR) is 79.8 cm³/mol. The van der Waals surface area contributed by atoms with Gasteiger partial charge in [0.05, 0.1) is 18.5 Å². The van der Waals surface area contributed by atoms with Gasteiger partial charge in [-0.15, -0.1) is 0 Å². The average molecular weight is 285 g/mol. The third-order valence-electron chi connectivity index (χ3n) is 3.02. The Hall–Kier alpha value is -2.82. The van der Waals surface area contributed by atoms with Crippen LogP contribution >= 0.6 is 0 Å². The molecule has 1 N–H and O–H groups in total. The second-order valence-corrected chi connectivity index (χ2v) is 4.48. The maximum Gasteiger partial charge on any atom is 0.251 e. The van der Waals surface area contributed by atoms with Crippen LogP contribution in [-0.4, -0.2) is 17.1 Å². The van der Waals surface area contributed by atoms with E-state index in [1.807, 2.05) is 30.3 Å². The van der Waals surface area contributed by atoms with Crippen molar-refractivity contribution in [2.75, 3.05) is 7.11 Å². The Morgan fingerprint density at radius 2 is 2.00 bits per heavy atom. The molecule has 0 heterocycles. The molecule has 2 aromatic carbocycles. The monoisotopic (exact) mass is 285 g/mol. The highest BCUT2D eigenvalue weighted by molar-refractivity contribution is 5.60. The number of methoxy groups -OCH3 is 1. The summed E-state index contributed by atoms with van der Waals surface area (Å²) in [6, 6.07) is 13.8. The Morgan fingerprint density at radius 1 is 1.29 bits per heavy atom. The summed E-state index contributed by atoms with van der Waals surface area (Å²) in [4.78, 5) is 10.7. The number of hydrogen-bond acceptors (Lipinski definition) is 4. The Kier molecular flexibility index (Phi) is 4.56. The summed E-state index contributed by atoms with van der Waals surface area (Å²) in [5.41, 5.74) is 1.24. The van der Waals surface area contributed by atoms with Crippen LogP contribution in [0.2, 0.25) is 0 Å². The van der Waals surface area contributed by atoms with Crippen molar-refractivity contribution < 1.29 is 14.8 Å². The van der Waals surface area contributed by atoms with Crippen LogP contribution in [-0.2, 0) is 6.42 Å². The van der Waals surface area contributed by atoms with E-state index in [9.17, 15) is 15.2 Å². The van der Waals surface area contributed by atoms with Gasteiger partial charge in [-0.1, -0.05) is 30.3 Å². The summed E-state index contributed by atoms with van der Waals surface area (Å²) in [6.07, 6.45) is 1.57. The zero-order valence-electron chi connectivity index (χ0n) is 11.5. The van der Waals surface area contributed by atoms with Crippen LogP contribution in [0, 0.1) is 10.1 Å². The lowest BCUT2D eigenvalue weighted by atomic mass is 10.1. The molecule has 108 valence electrons. The van der Waals surface area contributed by atoms with Gasteiger partial charge in [0.25, 0.3) is 5.70 Å². The predicted octanol–water partition coefficient (Wildman–Crippen LogP) is 3.26. The maximum absolute atomic E-state index is 11.2. The fourth-order valence-corrected chi connectivity index (χ4v) is 1.93. The number of rotatable bonds is 5. The normalized spacial score (nSPS) is 11.2. The molecule has 0 unspecified atom stereocenters. The standard InChI is InChI=1S/C16H15NO4/c1-21-15-8-7-13(16(18)11-15)10-14(17(19)20)9-12-5-3-2-4-6-12/h2-8,10-11,18H,9H2,1H3/b14-10-. The van der Waals surface area contributed by atoms with Crippen molar-refractivity contribution in [3.05, 3.63) is 75.5 Å². The Bertz CT molecular complexity index is 665. The molecule has 5 heteroatoms. The summed E-state index contributed by atoms with van der Waals surface area (Å²) in [6.45, 7) is 0. The zero-order valence-corrected chi connectivity index (χ0v) is 11.5. The highest BCUT2D eigenvalue weighted by atomic mass is 16.6. The average Bonchev–Trinajstić information content (AvgIpc) is 2.49. The number of benzene rings is 2. The van der Waals surface area contributed by atoms with Crippen LogP contribution < -0.4 is 4.74 Å². The van der Waals surface area contributed by atoms with E-state index in [-0.39, 0.29) is 17.9 Å². The molecular weight excluding hydrogens is 270 g/mol. The number of phenolic OH excluding ortho intramolecular Hbond substituents is 1. The number of allylic oxidation sites excluding steroid dienone is 1. The van der Waals surface area contributed by atoms with Gasteiger partial charge in [-0.2, -0.15) is 0 Å². The SMILES string of the molecule is COc1ccc(/C=C(/Cc2ccccc2)[N+](=O)[O-])c(O)c1. The molecule has 0 bridgehead atoms. The molecule has 0 aliphatic rings. The quantitative estimate of drug-likeness (QED) is 0.676. The molecule has 0 atom stereocenters. The van der Waals surface area contributed by atoms with Gasteiger partial charge in [0.2, 0.25) is 0 Å². The third kappa shape index (κ3) is 3.82. The van der Waals surface area contributed by atoms with Crippen LogP contribution in [0.15, 0.2) is 54.2 Å². The van der Waals surface area contributed by atoms with E-state index in [1.54, 1.807) is 12.1 Å². The zero-order chi connectivity index (χ0) is 15.2. The molecule has 2 aromatic rings. The largest absolute Gasteiger partial charge is 0.507 e. The Morgan fingerprint density at radius 3 is 2.57 bits per heavy atom. The molecule has 0 amide bonds. The Balaban J connectivity index is 2.32. The van der Waals surface area contributed by atoms with E-state index < -0.39 is 4.92 Å². The molecule has 0 aromatic heterocycles. The van der Waals surface area contributed by atoms with Crippen LogP contribution in [0.4, 0.5) is 0 Å². The van der Waals surface area contributed by atoms with E-state index >= 15 is 0 Å².